The number of benzene rings is 1. The Morgan fingerprint density at radius 1 is 1.25 bits per heavy atom. The maximum atomic E-state index is 11.7. The van der Waals surface area contributed by atoms with Crippen molar-refractivity contribution in [2.75, 3.05) is 13.6 Å². The molecule has 0 saturated carbocycles. The lowest BCUT2D eigenvalue weighted by Crippen LogP contribution is -2.26. The highest BCUT2D eigenvalue weighted by molar-refractivity contribution is 7.16. The van der Waals surface area contributed by atoms with Gasteiger partial charge < -0.3 is 4.74 Å². The van der Waals surface area contributed by atoms with Gasteiger partial charge in [-0.05, 0) is 24.7 Å². The van der Waals surface area contributed by atoms with Crippen LogP contribution in [0.5, 0.6) is 0 Å². The van der Waals surface area contributed by atoms with Crippen LogP contribution >= 0.6 is 22.9 Å². The number of likely N-dealkylation sites (N-methyl/N-ethyl adjacent to an activating group) is 1. The van der Waals surface area contributed by atoms with E-state index in [9.17, 15) is 4.79 Å². The number of carbonyl (C=O) groups is 1. The molecular formula is C15H16ClNO2S. The maximum absolute atomic E-state index is 11.7. The molecule has 106 valence electrons. The monoisotopic (exact) mass is 309 g/mol. The maximum Gasteiger partial charge on any atom is 0.320 e. The molecule has 3 nitrogen and oxygen atoms in total. The molecule has 0 amide bonds. The lowest BCUT2D eigenvalue weighted by atomic mass is 10.2. The molecule has 0 unspecified atom stereocenters. The Morgan fingerprint density at radius 2 is 2.00 bits per heavy atom. The fraction of sp³-hybridized carbons (Fsp3) is 0.267. The zero-order valence-corrected chi connectivity index (χ0v) is 12.8. The Morgan fingerprint density at radius 3 is 2.65 bits per heavy atom. The number of ether oxygens (including phenoxy) is 1. The Balaban J connectivity index is 1.73. The Labute approximate surface area is 127 Å². The van der Waals surface area contributed by atoms with Crippen LogP contribution in [-0.4, -0.2) is 24.5 Å². The average Bonchev–Trinajstić information content (AvgIpc) is 2.83. The summed E-state index contributed by atoms with van der Waals surface area (Å²) in [6.07, 6.45) is 0. The lowest BCUT2D eigenvalue weighted by Gasteiger charge is -2.14. The molecule has 0 saturated heterocycles. The van der Waals surface area contributed by atoms with Crippen molar-refractivity contribution in [3.8, 4) is 0 Å². The molecule has 0 spiro atoms. The van der Waals surface area contributed by atoms with Crippen LogP contribution in [0.15, 0.2) is 42.5 Å². The summed E-state index contributed by atoms with van der Waals surface area (Å²) in [5, 5.41) is 0. The summed E-state index contributed by atoms with van der Waals surface area (Å²) >= 11 is 7.40. The van der Waals surface area contributed by atoms with Gasteiger partial charge in [0.25, 0.3) is 0 Å². The number of carbonyl (C=O) groups excluding carboxylic acids is 1. The Bertz CT molecular complexity index is 556. The number of thiophene rings is 1. The first kappa shape index (κ1) is 15.0. The lowest BCUT2D eigenvalue weighted by molar-refractivity contribution is -0.146. The van der Waals surface area contributed by atoms with Crippen molar-refractivity contribution < 1.29 is 9.53 Å². The largest absolute Gasteiger partial charge is 0.460 e. The van der Waals surface area contributed by atoms with Gasteiger partial charge in [-0.1, -0.05) is 41.9 Å². The van der Waals surface area contributed by atoms with E-state index in [1.54, 1.807) is 0 Å². The van der Waals surface area contributed by atoms with Gasteiger partial charge in [-0.15, -0.1) is 11.3 Å². The number of halogens is 1. The second-order valence-electron chi connectivity index (χ2n) is 4.52. The van der Waals surface area contributed by atoms with Gasteiger partial charge in [0.2, 0.25) is 0 Å². The third-order valence-corrected chi connectivity index (χ3v) is 3.91. The summed E-state index contributed by atoms with van der Waals surface area (Å²) in [5.74, 6) is -0.223. The molecular weight excluding hydrogens is 294 g/mol. The van der Waals surface area contributed by atoms with Gasteiger partial charge >= 0.3 is 5.97 Å². The van der Waals surface area contributed by atoms with E-state index < -0.39 is 0 Å². The summed E-state index contributed by atoms with van der Waals surface area (Å²) in [7, 11) is 1.89. The predicted molar refractivity (Wildman–Crippen MR) is 81.9 cm³/mol. The normalized spacial score (nSPS) is 10.8. The fourth-order valence-electron chi connectivity index (χ4n) is 1.76. The highest BCUT2D eigenvalue weighted by atomic mass is 35.5. The third-order valence-electron chi connectivity index (χ3n) is 2.70. The minimum absolute atomic E-state index is 0.223. The fourth-order valence-corrected chi connectivity index (χ4v) is 2.93. The van der Waals surface area contributed by atoms with Crippen LogP contribution in [0, 0.1) is 0 Å². The first-order valence-electron chi connectivity index (χ1n) is 6.26. The van der Waals surface area contributed by atoms with Gasteiger partial charge in [-0.3, -0.25) is 9.69 Å². The van der Waals surface area contributed by atoms with Crippen molar-refractivity contribution in [1.82, 2.24) is 4.90 Å². The van der Waals surface area contributed by atoms with Gasteiger partial charge in [0.05, 0.1) is 10.9 Å². The van der Waals surface area contributed by atoms with Crippen LogP contribution in [0.3, 0.4) is 0 Å². The van der Waals surface area contributed by atoms with Crippen LogP contribution in [-0.2, 0) is 22.7 Å². The third kappa shape index (κ3) is 4.96. The van der Waals surface area contributed by atoms with E-state index in [-0.39, 0.29) is 12.5 Å². The van der Waals surface area contributed by atoms with Crippen LogP contribution < -0.4 is 0 Å². The molecule has 1 heterocycles. The number of esters is 1. The molecule has 20 heavy (non-hydrogen) atoms. The van der Waals surface area contributed by atoms with Crippen molar-refractivity contribution in [2.45, 2.75) is 13.2 Å². The van der Waals surface area contributed by atoms with Gasteiger partial charge in [0, 0.05) is 11.4 Å². The van der Waals surface area contributed by atoms with E-state index in [2.05, 4.69) is 0 Å². The first-order chi connectivity index (χ1) is 9.63. The number of rotatable bonds is 6. The minimum atomic E-state index is -0.223. The van der Waals surface area contributed by atoms with Crippen LogP contribution in [0.2, 0.25) is 4.34 Å². The second-order valence-corrected chi connectivity index (χ2v) is 6.32. The van der Waals surface area contributed by atoms with Gasteiger partial charge in [0.15, 0.2) is 0 Å². The highest BCUT2D eigenvalue weighted by Gasteiger charge is 2.09. The molecule has 0 bridgehead atoms. The Kier molecular flexibility index (Phi) is 5.59. The summed E-state index contributed by atoms with van der Waals surface area (Å²) in [5.41, 5.74) is 0.994. The number of nitrogens with zero attached hydrogens (tertiary/aromatic N) is 1. The molecule has 0 N–H and O–H groups in total. The minimum Gasteiger partial charge on any atom is -0.460 e. The molecule has 0 radical (unpaired) electrons. The second kappa shape index (κ2) is 7.43. The van der Waals surface area contributed by atoms with E-state index in [0.717, 1.165) is 14.8 Å². The topological polar surface area (TPSA) is 29.5 Å². The summed E-state index contributed by atoms with van der Waals surface area (Å²) in [4.78, 5) is 14.8. The quantitative estimate of drug-likeness (QED) is 0.764. The molecule has 1 aromatic heterocycles. The predicted octanol–water partition coefficient (Wildman–Crippen LogP) is 3.58. The van der Waals surface area contributed by atoms with E-state index in [4.69, 9.17) is 16.3 Å². The van der Waals surface area contributed by atoms with Crippen molar-refractivity contribution in [3.05, 3.63) is 57.2 Å². The van der Waals surface area contributed by atoms with E-state index in [1.807, 2.05) is 54.4 Å². The Hall–Kier alpha value is -1.36. The van der Waals surface area contributed by atoms with E-state index in [1.165, 1.54) is 11.3 Å². The molecule has 0 fully saturated rings. The molecule has 0 atom stereocenters. The zero-order valence-electron chi connectivity index (χ0n) is 11.2. The van der Waals surface area contributed by atoms with E-state index >= 15 is 0 Å². The van der Waals surface area contributed by atoms with Crippen molar-refractivity contribution in [2.24, 2.45) is 0 Å². The highest BCUT2D eigenvalue weighted by Crippen LogP contribution is 2.22. The molecule has 0 aliphatic rings. The van der Waals surface area contributed by atoms with Crippen molar-refractivity contribution >= 4 is 28.9 Å². The SMILES string of the molecule is CN(CC(=O)OCc1ccccc1)Cc1ccc(Cl)s1. The molecule has 2 rings (SSSR count). The number of hydrogen-bond acceptors (Lipinski definition) is 4. The summed E-state index contributed by atoms with van der Waals surface area (Å²) in [6, 6.07) is 13.5. The van der Waals surface area contributed by atoms with Crippen molar-refractivity contribution in [1.29, 1.82) is 0 Å². The summed E-state index contributed by atoms with van der Waals surface area (Å²) in [6.45, 7) is 1.28. The summed E-state index contributed by atoms with van der Waals surface area (Å²) < 4.78 is 6.00. The molecule has 0 aliphatic heterocycles. The van der Waals surface area contributed by atoms with Crippen LogP contribution in [0.4, 0.5) is 0 Å². The smallest absolute Gasteiger partial charge is 0.320 e. The molecule has 5 heteroatoms. The van der Waals surface area contributed by atoms with Crippen molar-refractivity contribution in [3.63, 3.8) is 0 Å². The average molecular weight is 310 g/mol. The molecule has 1 aromatic carbocycles. The molecule has 0 aliphatic carbocycles. The van der Waals surface area contributed by atoms with Gasteiger partial charge in [-0.2, -0.15) is 0 Å². The van der Waals surface area contributed by atoms with E-state index in [0.29, 0.717) is 13.2 Å². The standard InChI is InChI=1S/C15H16ClNO2S/c1-17(9-13-7-8-14(16)20-13)10-15(18)19-11-12-5-3-2-4-6-12/h2-8H,9-11H2,1H3. The van der Waals surface area contributed by atoms with Gasteiger partial charge in [0.1, 0.15) is 6.61 Å². The number of hydrogen-bond donors (Lipinski definition) is 0. The zero-order chi connectivity index (χ0) is 14.4. The van der Waals surface area contributed by atoms with Crippen LogP contribution in [0.25, 0.3) is 0 Å². The molecule has 2 aromatic rings. The first-order valence-corrected chi connectivity index (χ1v) is 7.45. The van der Waals surface area contributed by atoms with Gasteiger partial charge in [-0.25, -0.2) is 0 Å². The van der Waals surface area contributed by atoms with Crippen LogP contribution in [0.1, 0.15) is 10.4 Å².